The van der Waals surface area contributed by atoms with Gasteiger partial charge in [-0.05, 0) is 26.0 Å². The minimum atomic E-state index is -0.380. The molecule has 0 saturated heterocycles. The zero-order chi connectivity index (χ0) is 14.4. The van der Waals surface area contributed by atoms with Crippen LogP contribution in [0.1, 0.15) is 78.6 Å². The molecule has 0 atom stereocenters. The molecule has 0 aromatic rings. The van der Waals surface area contributed by atoms with Crippen LogP contribution in [0, 0.1) is 0 Å². The molecule has 3 heteroatoms. The summed E-state index contributed by atoms with van der Waals surface area (Å²) in [6.07, 6.45) is 11.2. The fraction of sp³-hybridized carbons (Fsp3) is 1.00. The second kappa shape index (κ2) is 13.3. The van der Waals surface area contributed by atoms with E-state index in [0.29, 0.717) is 13.2 Å². The van der Waals surface area contributed by atoms with Crippen LogP contribution < -0.4 is 0 Å². The molecule has 0 bridgehead atoms. The van der Waals surface area contributed by atoms with Crippen LogP contribution in [0.3, 0.4) is 0 Å². The van der Waals surface area contributed by atoms with Crippen molar-refractivity contribution in [1.29, 1.82) is 0 Å². The molecule has 0 heterocycles. The summed E-state index contributed by atoms with van der Waals surface area (Å²) in [6.45, 7) is 7.76. The quantitative estimate of drug-likeness (QED) is 0.269. The van der Waals surface area contributed by atoms with Crippen LogP contribution in [0.15, 0.2) is 0 Å². The summed E-state index contributed by atoms with van der Waals surface area (Å²) in [5, 5.41) is 0. The number of thiol groups is 1. The standard InChI is InChI=1S/C16H34O2S/c1-4-7-8-9-10-11-12-13-16(14-15-19,17-5-2)18-6-3/h19H,4-15H2,1-3H3. The van der Waals surface area contributed by atoms with Crippen molar-refractivity contribution < 1.29 is 9.47 Å². The first-order chi connectivity index (χ1) is 9.24. The van der Waals surface area contributed by atoms with Gasteiger partial charge in [-0.25, -0.2) is 0 Å². The van der Waals surface area contributed by atoms with Crippen molar-refractivity contribution in [3.05, 3.63) is 0 Å². The van der Waals surface area contributed by atoms with Gasteiger partial charge < -0.3 is 9.47 Å². The molecule has 0 unspecified atom stereocenters. The van der Waals surface area contributed by atoms with Crippen molar-refractivity contribution in [2.24, 2.45) is 0 Å². The lowest BCUT2D eigenvalue weighted by atomic mass is 10.0. The third-order valence-corrected chi connectivity index (χ3v) is 3.69. The molecule has 116 valence electrons. The van der Waals surface area contributed by atoms with Gasteiger partial charge in [0, 0.05) is 26.1 Å². The van der Waals surface area contributed by atoms with Crippen LogP contribution in [0.5, 0.6) is 0 Å². The fourth-order valence-electron chi connectivity index (χ4n) is 2.50. The van der Waals surface area contributed by atoms with Crippen molar-refractivity contribution in [2.45, 2.75) is 84.3 Å². The van der Waals surface area contributed by atoms with Crippen LogP contribution in [-0.2, 0) is 9.47 Å². The van der Waals surface area contributed by atoms with Crippen LogP contribution in [0.2, 0.25) is 0 Å². The predicted molar refractivity (Wildman–Crippen MR) is 87.1 cm³/mol. The van der Waals surface area contributed by atoms with Gasteiger partial charge in [-0.1, -0.05) is 45.4 Å². The topological polar surface area (TPSA) is 18.5 Å². The minimum absolute atomic E-state index is 0.380. The molecule has 0 radical (unpaired) electrons. The van der Waals surface area contributed by atoms with E-state index in [-0.39, 0.29) is 5.79 Å². The third kappa shape index (κ3) is 9.75. The van der Waals surface area contributed by atoms with Gasteiger partial charge in [0.05, 0.1) is 0 Å². The first kappa shape index (κ1) is 19.3. The SMILES string of the molecule is CCCCCCCCCC(CCS)(OCC)OCC. The maximum Gasteiger partial charge on any atom is 0.169 e. The molecule has 0 saturated carbocycles. The van der Waals surface area contributed by atoms with Crippen molar-refractivity contribution in [3.8, 4) is 0 Å². The fourth-order valence-corrected chi connectivity index (χ4v) is 2.84. The van der Waals surface area contributed by atoms with E-state index in [1.54, 1.807) is 0 Å². The Morgan fingerprint density at radius 2 is 1.26 bits per heavy atom. The molecule has 0 fully saturated rings. The summed E-state index contributed by atoms with van der Waals surface area (Å²) in [5.41, 5.74) is 0. The van der Waals surface area contributed by atoms with Crippen LogP contribution in [-0.4, -0.2) is 24.8 Å². The zero-order valence-corrected chi connectivity index (χ0v) is 14.1. The normalized spacial score (nSPS) is 12.0. The Kier molecular flexibility index (Phi) is 13.5. The average Bonchev–Trinajstić information content (AvgIpc) is 2.39. The minimum Gasteiger partial charge on any atom is -0.350 e. The van der Waals surface area contributed by atoms with Gasteiger partial charge >= 0.3 is 0 Å². The second-order valence-electron chi connectivity index (χ2n) is 5.12. The molecule has 0 N–H and O–H groups in total. The highest BCUT2D eigenvalue weighted by Crippen LogP contribution is 2.26. The smallest absolute Gasteiger partial charge is 0.169 e. The molecule has 0 aromatic carbocycles. The summed E-state index contributed by atoms with van der Waals surface area (Å²) in [7, 11) is 0. The molecule has 0 aromatic heterocycles. The van der Waals surface area contributed by atoms with E-state index in [1.807, 2.05) is 13.8 Å². The van der Waals surface area contributed by atoms with Gasteiger partial charge in [-0.2, -0.15) is 12.6 Å². The Morgan fingerprint density at radius 1 is 0.737 bits per heavy atom. The number of hydrogen-bond donors (Lipinski definition) is 1. The summed E-state index contributed by atoms with van der Waals surface area (Å²) < 4.78 is 11.8. The van der Waals surface area contributed by atoms with Crippen molar-refractivity contribution in [3.63, 3.8) is 0 Å². The number of ether oxygens (including phenoxy) is 2. The Balaban J connectivity index is 3.89. The van der Waals surface area contributed by atoms with Crippen molar-refractivity contribution >= 4 is 12.6 Å². The first-order valence-electron chi connectivity index (χ1n) is 8.13. The van der Waals surface area contributed by atoms with Gasteiger partial charge in [0.1, 0.15) is 0 Å². The van der Waals surface area contributed by atoms with Gasteiger partial charge in [0.25, 0.3) is 0 Å². The molecule has 0 aliphatic carbocycles. The second-order valence-corrected chi connectivity index (χ2v) is 5.57. The molecule has 0 amide bonds. The first-order valence-corrected chi connectivity index (χ1v) is 8.76. The molecular formula is C16H34O2S. The monoisotopic (exact) mass is 290 g/mol. The van der Waals surface area contributed by atoms with Gasteiger partial charge in [0.15, 0.2) is 5.79 Å². The third-order valence-electron chi connectivity index (χ3n) is 3.47. The Labute approximate surface area is 126 Å². The van der Waals surface area contributed by atoms with E-state index in [9.17, 15) is 0 Å². The lowest BCUT2D eigenvalue weighted by Gasteiger charge is -2.33. The van der Waals surface area contributed by atoms with Crippen LogP contribution in [0.4, 0.5) is 0 Å². The van der Waals surface area contributed by atoms with E-state index in [2.05, 4.69) is 19.6 Å². The molecule has 2 nitrogen and oxygen atoms in total. The molecular weight excluding hydrogens is 256 g/mol. The van der Waals surface area contributed by atoms with Gasteiger partial charge in [0.2, 0.25) is 0 Å². The highest BCUT2D eigenvalue weighted by molar-refractivity contribution is 7.80. The lowest BCUT2D eigenvalue weighted by Crippen LogP contribution is -2.36. The van der Waals surface area contributed by atoms with E-state index >= 15 is 0 Å². The Morgan fingerprint density at radius 3 is 1.74 bits per heavy atom. The molecule has 19 heavy (non-hydrogen) atoms. The lowest BCUT2D eigenvalue weighted by molar-refractivity contribution is -0.238. The van der Waals surface area contributed by atoms with E-state index in [4.69, 9.17) is 9.47 Å². The summed E-state index contributed by atoms with van der Waals surface area (Å²) in [4.78, 5) is 0. The number of hydrogen-bond acceptors (Lipinski definition) is 3. The average molecular weight is 291 g/mol. The molecule has 0 aliphatic heterocycles. The largest absolute Gasteiger partial charge is 0.350 e. The van der Waals surface area contributed by atoms with E-state index in [1.165, 1.54) is 44.9 Å². The Bertz CT molecular complexity index is 169. The predicted octanol–water partition coefficient (Wildman–Crippen LogP) is 5.22. The van der Waals surface area contributed by atoms with Crippen LogP contribution >= 0.6 is 12.6 Å². The molecule has 0 aliphatic rings. The summed E-state index contributed by atoms with van der Waals surface area (Å²) in [5.74, 6) is 0.436. The van der Waals surface area contributed by atoms with Gasteiger partial charge in [-0.3, -0.25) is 0 Å². The maximum atomic E-state index is 5.88. The van der Waals surface area contributed by atoms with Crippen LogP contribution in [0.25, 0.3) is 0 Å². The molecule has 0 rings (SSSR count). The maximum absolute atomic E-state index is 5.88. The van der Waals surface area contributed by atoms with E-state index < -0.39 is 0 Å². The molecule has 0 spiro atoms. The van der Waals surface area contributed by atoms with Crippen molar-refractivity contribution in [1.82, 2.24) is 0 Å². The highest BCUT2D eigenvalue weighted by atomic mass is 32.1. The van der Waals surface area contributed by atoms with E-state index in [0.717, 1.165) is 18.6 Å². The zero-order valence-electron chi connectivity index (χ0n) is 13.2. The van der Waals surface area contributed by atoms with Gasteiger partial charge in [-0.15, -0.1) is 0 Å². The van der Waals surface area contributed by atoms with Crippen molar-refractivity contribution in [2.75, 3.05) is 19.0 Å². The number of rotatable bonds is 14. The number of unbranched alkanes of at least 4 members (excludes halogenated alkanes) is 6. The summed E-state index contributed by atoms with van der Waals surface area (Å²) in [6, 6.07) is 0. The summed E-state index contributed by atoms with van der Waals surface area (Å²) >= 11 is 4.34. The Hall–Kier alpha value is 0.270. The highest BCUT2D eigenvalue weighted by Gasteiger charge is 2.29.